The third kappa shape index (κ3) is 8.52. The molecule has 9 nitrogen and oxygen atoms in total. The van der Waals surface area contributed by atoms with Gasteiger partial charge in [-0.05, 0) is 95.3 Å². The van der Waals surface area contributed by atoms with Gasteiger partial charge in [0.2, 0.25) is 5.91 Å². The summed E-state index contributed by atoms with van der Waals surface area (Å²) in [7, 11) is 0. The Bertz CT molecular complexity index is 1400. The van der Waals surface area contributed by atoms with Gasteiger partial charge in [-0.3, -0.25) is 14.6 Å². The number of rotatable bonds is 9. The highest BCUT2D eigenvalue weighted by Gasteiger charge is 2.43. The van der Waals surface area contributed by atoms with Crippen LogP contribution in [-0.2, 0) is 26.1 Å². The molecule has 2 aromatic rings. The first kappa shape index (κ1) is 35.3. The zero-order chi connectivity index (χ0) is 33.9. The number of benzene rings is 2. The smallest absolute Gasteiger partial charge is 0.410 e. The van der Waals surface area contributed by atoms with Gasteiger partial charge in [-0.25, -0.2) is 9.18 Å². The summed E-state index contributed by atoms with van der Waals surface area (Å²) in [5, 5.41) is 0. The predicted octanol–water partition coefficient (Wildman–Crippen LogP) is 4.79. The first-order valence-electron chi connectivity index (χ1n) is 17.2. The number of carbonyl (C=O) groups excluding carboxylic acids is 2. The molecule has 3 aliphatic rings. The standard InChI is InChI=1S/C37H54FN5O4/c1-26-20-41(31(21-40-16-17-46-24-27(40)2)22-42(26)35(45)47-36(3,4)5)23-34(44)43-25-37(6,14-7-15-39)32-13-10-29(19-33(32)43)18-28-8-11-30(38)12-9-28/h8-13,19,26-27,31H,7,14-18,20-25,39H2,1-6H3/t26-,27-,31+,37?/m1/s1. The summed E-state index contributed by atoms with van der Waals surface area (Å²) in [6, 6.07) is 13.1. The number of ether oxygens (including phenoxy) is 2. The van der Waals surface area contributed by atoms with E-state index in [1.807, 2.05) is 49.6 Å². The largest absolute Gasteiger partial charge is 0.444 e. The number of halogens is 1. The summed E-state index contributed by atoms with van der Waals surface area (Å²) in [6.45, 7) is 17.5. The number of morpholine rings is 1. The van der Waals surface area contributed by atoms with Crippen LogP contribution in [-0.4, -0.2) is 109 Å². The fraction of sp³-hybridized carbons (Fsp3) is 0.622. The van der Waals surface area contributed by atoms with Crippen molar-refractivity contribution in [2.24, 2.45) is 5.73 Å². The minimum Gasteiger partial charge on any atom is -0.444 e. The Labute approximate surface area is 280 Å². The lowest BCUT2D eigenvalue weighted by atomic mass is 9.80. The van der Waals surface area contributed by atoms with Gasteiger partial charge in [0.05, 0.1) is 19.8 Å². The molecule has 2 fully saturated rings. The lowest BCUT2D eigenvalue weighted by molar-refractivity contribution is -0.121. The third-order valence-electron chi connectivity index (χ3n) is 9.94. The van der Waals surface area contributed by atoms with Crippen molar-refractivity contribution in [3.63, 3.8) is 0 Å². The van der Waals surface area contributed by atoms with Crippen molar-refractivity contribution in [2.45, 2.75) is 89.9 Å². The number of piperazine rings is 1. The van der Waals surface area contributed by atoms with Crippen molar-refractivity contribution in [1.82, 2.24) is 14.7 Å². The Balaban J connectivity index is 1.39. The maximum Gasteiger partial charge on any atom is 0.410 e. The van der Waals surface area contributed by atoms with Gasteiger partial charge in [0.25, 0.3) is 0 Å². The van der Waals surface area contributed by atoms with Gasteiger partial charge < -0.3 is 25.0 Å². The average Bonchev–Trinajstić information content (AvgIpc) is 3.30. The monoisotopic (exact) mass is 651 g/mol. The summed E-state index contributed by atoms with van der Waals surface area (Å²) in [4.78, 5) is 36.2. The Kier molecular flexibility index (Phi) is 11.0. The first-order chi connectivity index (χ1) is 22.3. The van der Waals surface area contributed by atoms with E-state index in [4.69, 9.17) is 15.2 Å². The second-order valence-corrected chi connectivity index (χ2v) is 15.1. The summed E-state index contributed by atoms with van der Waals surface area (Å²) in [5.41, 5.74) is 9.37. The molecule has 0 spiro atoms. The molecule has 2 saturated heterocycles. The Morgan fingerprint density at radius 3 is 2.45 bits per heavy atom. The predicted molar refractivity (Wildman–Crippen MR) is 183 cm³/mol. The van der Waals surface area contributed by atoms with Crippen LogP contribution in [0.5, 0.6) is 0 Å². The summed E-state index contributed by atoms with van der Waals surface area (Å²) < 4.78 is 25.1. The second-order valence-electron chi connectivity index (χ2n) is 15.1. The fourth-order valence-corrected chi connectivity index (χ4v) is 7.32. The highest BCUT2D eigenvalue weighted by atomic mass is 19.1. The lowest BCUT2D eigenvalue weighted by Crippen LogP contribution is -2.64. The molecule has 2 amide bonds. The number of hydrogen-bond acceptors (Lipinski definition) is 7. The summed E-state index contributed by atoms with van der Waals surface area (Å²) >= 11 is 0. The van der Waals surface area contributed by atoms with Gasteiger partial charge in [-0.15, -0.1) is 0 Å². The molecule has 0 aliphatic carbocycles. The van der Waals surface area contributed by atoms with Crippen LogP contribution in [0.2, 0.25) is 0 Å². The van der Waals surface area contributed by atoms with E-state index < -0.39 is 5.60 Å². The molecular formula is C37H54FN5O4. The van der Waals surface area contributed by atoms with Gasteiger partial charge in [-0.2, -0.15) is 0 Å². The molecular weight excluding hydrogens is 597 g/mol. The van der Waals surface area contributed by atoms with Crippen LogP contribution in [0.25, 0.3) is 0 Å². The van der Waals surface area contributed by atoms with E-state index in [-0.39, 0.29) is 47.9 Å². The molecule has 258 valence electrons. The molecule has 3 aliphatic heterocycles. The van der Waals surface area contributed by atoms with Gasteiger partial charge in [0, 0.05) is 62.0 Å². The SMILES string of the molecule is C[C@@H]1COCCN1C[C@H]1CN(C(=O)OC(C)(C)C)[C@H](C)CN1CC(=O)N1CC(C)(CCCN)c2ccc(Cc3ccc(F)cc3)cc21. The number of nitrogens with two attached hydrogens (primary N) is 1. The van der Waals surface area contributed by atoms with E-state index in [0.29, 0.717) is 45.8 Å². The maximum absolute atomic E-state index is 14.4. The maximum atomic E-state index is 14.4. The average molecular weight is 652 g/mol. The van der Waals surface area contributed by atoms with E-state index in [1.165, 1.54) is 17.7 Å². The van der Waals surface area contributed by atoms with Crippen molar-refractivity contribution >= 4 is 17.7 Å². The molecule has 3 heterocycles. The van der Waals surface area contributed by atoms with E-state index in [1.54, 1.807) is 0 Å². The normalized spacial score (nSPS) is 25.6. The third-order valence-corrected chi connectivity index (χ3v) is 9.94. The van der Waals surface area contributed by atoms with E-state index in [0.717, 1.165) is 42.7 Å². The molecule has 0 saturated carbocycles. The fourth-order valence-electron chi connectivity index (χ4n) is 7.32. The van der Waals surface area contributed by atoms with Crippen LogP contribution in [0.1, 0.15) is 71.1 Å². The topological polar surface area (TPSA) is 91.6 Å². The Morgan fingerprint density at radius 1 is 1.04 bits per heavy atom. The van der Waals surface area contributed by atoms with Crippen molar-refractivity contribution in [1.29, 1.82) is 0 Å². The molecule has 4 atom stereocenters. The van der Waals surface area contributed by atoms with Gasteiger partial charge >= 0.3 is 6.09 Å². The van der Waals surface area contributed by atoms with Crippen LogP contribution in [0.3, 0.4) is 0 Å². The minimum absolute atomic E-state index is 0.0428. The molecule has 0 aromatic heterocycles. The molecule has 10 heteroatoms. The molecule has 0 radical (unpaired) electrons. The van der Waals surface area contributed by atoms with Gasteiger partial charge in [0.15, 0.2) is 0 Å². The Morgan fingerprint density at radius 2 is 1.77 bits per heavy atom. The zero-order valence-corrected chi connectivity index (χ0v) is 29.1. The summed E-state index contributed by atoms with van der Waals surface area (Å²) in [6.07, 6.45) is 2.10. The quantitative estimate of drug-likeness (QED) is 0.417. The molecule has 5 rings (SSSR count). The van der Waals surface area contributed by atoms with Crippen molar-refractivity contribution in [3.05, 3.63) is 65.0 Å². The minimum atomic E-state index is -0.590. The van der Waals surface area contributed by atoms with Crippen molar-refractivity contribution in [2.75, 3.05) is 63.9 Å². The van der Waals surface area contributed by atoms with Crippen LogP contribution in [0, 0.1) is 5.82 Å². The van der Waals surface area contributed by atoms with Gasteiger partial charge in [-0.1, -0.05) is 31.2 Å². The number of nitrogens with zero attached hydrogens (tertiary/aromatic N) is 4. The summed E-state index contributed by atoms with van der Waals surface area (Å²) in [5.74, 6) is -0.197. The number of amides is 2. The Hall–Kier alpha value is -3.05. The first-order valence-corrected chi connectivity index (χ1v) is 17.2. The van der Waals surface area contributed by atoms with E-state index in [9.17, 15) is 14.0 Å². The number of carbonyl (C=O) groups is 2. The molecule has 2 aromatic carbocycles. The molecule has 0 bridgehead atoms. The number of anilines is 1. The number of fused-ring (bicyclic) bond motifs is 1. The van der Waals surface area contributed by atoms with Crippen LogP contribution >= 0.6 is 0 Å². The van der Waals surface area contributed by atoms with Crippen molar-refractivity contribution < 1.29 is 23.5 Å². The second kappa shape index (κ2) is 14.6. The van der Waals surface area contributed by atoms with E-state index >= 15 is 0 Å². The number of hydrogen-bond donors (Lipinski definition) is 1. The van der Waals surface area contributed by atoms with Crippen molar-refractivity contribution in [3.8, 4) is 0 Å². The van der Waals surface area contributed by atoms with Crippen LogP contribution in [0.4, 0.5) is 14.9 Å². The zero-order valence-electron chi connectivity index (χ0n) is 29.1. The van der Waals surface area contributed by atoms with Gasteiger partial charge in [0.1, 0.15) is 11.4 Å². The molecule has 2 N–H and O–H groups in total. The molecule has 1 unspecified atom stereocenters. The van der Waals surface area contributed by atoms with E-state index in [2.05, 4.69) is 41.8 Å². The lowest BCUT2D eigenvalue weighted by Gasteiger charge is -2.47. The van der Waals surface area contributed by atoms with Crippen LogP contribution < -0.4 is 10.6 Å². The van der Waals surface area contributed by atoms with Crippen LogP contribution in [0.15, 0.2) is 42.5 Å². The molecule has 47 heavy (non-hydrogen) atoms. The highest BCUT2D eigenvalue weighted by molar-refractivity contribution is 5.97. The highest BCUT2D eigenvalue weighted by Crippen LogP contribution is 2.44.